The van der Waals surface area contributed by atoms with Crippen LogP contribution in [0.15, 0.2) is 113 Å². The van der Waals surface area contributed by atoms with Crippen LogP contribution in [0.3, 0.4) is 0 Å². The highest BCUT2D eigenvalue weighted by Gasteiger charge is 2.39. The number of hydrogen-bond donors (Lipinski definition) is 6. The zero-order valence-corrected chi connectivity index (χ0v) is 34.6. The minimum atomic E-state index is -4.47. The Kier molecular flexibility index (Phi) is 11.3. The van der Waals surface area contributed by atoms with Crippen LogP contribution in [0.25, 0.3) is 21.7 Å². The molecule has 0 amide bonds. The fraction of sp³-hybridized carbons (Fsp3) is 0.156. The molecule has 314 valence electrons. The van der Waals surface area contributed by atoms with Gasteiger partial charge in [-0.15, -0.1) is 0 Å². The number of hydrogen-bond acceptors (Lipinski definition) is 11. The van der Waals surface area contributed by atoms with E-state index in [1.807, 2.05) is 0 Å². The Morgan fingerprint density at radius 3 is 1.54 bits per heavy atom. The second-order valence-corrected chi connectivity index (χ2v) is 17.6. The highest BCUT2D eigenvalue weighted by atomic mass is 32.2. The molecule has 0 bridgehead atoms. The van der Waals surface area contributed by atoms with E-state index in [1.54, 1.807) is 0 Å². The monoisotopic (exact) mass is 864 g/mol. The molecule has 16 heteroatoms. The number of para-hydroxylation sites is 1. The third-order valence-electron chi connectivity index (χ3n) is 10.8. The predicted octanol–water partition coefficient (Wildman–Crippen LogP) is 6.91. The van der Waals surface area contributed by atoms with Gasteiger partial charge in [0.25, 0.3) is 20.2 Å². The third-order valence-corrected chi connectivity index (χ3v) is 12.6. The Balaban J connectivity index is 0.000000139. The lowest BCUT2D eigenvalue weighted by atomic mass is 9.80. The van der Waals surface area contributed by atoms with Crippen molar-refractivity contribution in [3.63, 3.8) is 0 Å². The Hall–Kier alpha value is -6.56. The molecule has 2 aliphatic rings. The molecule has 0 unspecified atom stereocenters. The number of aromatic nitrogens is 1. The van der Waals surface area contributed by atoms with Gasteiger partial charge in [-0.05, 0) is 73.5 Å². The highest BCUT2D eigenvalue weighted by Crippen LogP contribution is 2.45. The zero-order valence-electron chi connectivity index (χ0n) is 33.0. The summed E-state index contributed by atoms with van der Waals surface area (Å²) in [6.45, 7) is 6.13. The molecule has 0 saturated heterocycles. The number of fused-ring (bicyclic) bond motifs is 6. The largest absolute Gasteiger partial charge is 0.507 e. The second-order valence-electron chi connectivity index (χ2n) is 14.8. The van der Waals surface area contributed by atoms with Gasteiger partial charge in [0.1, 0.15) is 32.8 Å². The Bertz CT molecular complexity index is 3020. The maximum absolute atomic E-state index is 12.6. The summed E-state index contributed by atoms with van der Waals surface area (Å²) in [4.78, 5) is 26.7. The Morgan fingerprint density at radius 1 is 0.590 bits per heavy atom. The summed E-state index contributed by atoms with van der Waals surface area (Å²) in [5.41, 5.74) is 4.76. The SMILES string of the molecule is CN1CCc2c(c3ccccc3n2Cc2ccccc2)C1.Cc1cc(O)c2c(c1O)C(=O)c1c(O)cc(C)c(O)c1C2=O.O=S(=O)(O)c1cccc2c(S(=O)(=O)O)cccc12. The van der Waals surface area contributed by atoms with Gasteiger partial charge in [-0.3, -0.25) is 18.7 Å². The number of ketones is 2. The molecule has 0 spiro atoms. The van der Waals surface area contributed by atoms with Crippen molar-refractivity contribution < 1.29 is 56.0 Å². The molecule has 61 heavy (non-hydrogen) atoms. The standard InChI is InChI=1S/C19H20N2.C16H12O6.C10H8O6S2/c1-20-12-11-19-17(14-20)16-9-5-6-10-18(16)21(19)13-15-7-3-2-4-8-15;1-5-3-7(17)9-11(13(5)19)15(21)10-8(18)4-6(2)14(20)12(10)16(9)22;11-17(12,13)9-5-1-3-7-8(9)4-2-6-10(7)18(14,15)16/h2-10H,11-14H2,1H3;3-4,17-20H,1-2H3;1-6H,(H,11,12,13)(H,14,15,16). The summed E-state index contributed by atoms with van der Waals surface area (Å²) >= 11 is 0. The van der Waals surface area contributed by atoms with E-state index in [2.05, 4.69) is 71.1 Å². The number of carbonyl (C=O) groups is 2. The molecule has 14 nitrogen and oxygen atoms in total. The Labute approximate surface area is 350 Å². The van der Waals surface area contributed by atoms with Crippen molar-refractivity contribution in [3.8, 4) is 23.0 Å². The van der Waals surface area contributed by atoms with E-state index >= 15 is 0 Å². The first-order chi connectivity index (χ1) is 28.8. The number of phenols is 4. The van der Waals surface area contributed by atoms with Crippen molar-refractivity contribution in [2.75, 3.05) is 13.6 Å². The number of likely N-dealkylation sites (N-methyl/N-ethyl adjacent to an activating group) is 1. The zero-order chi connectivity index (χ0) is 44.1. The molecule has 6 aromatic carbocycles. The lowest BCUT2D eigenvalue weighted by Crippen LogP contribution is -2.27. The number of rotatable bonds is 4. The summed E-state index contributed by atoms with van der Waals surface area (Å²) in [6.07, 6.45) is 1.15. The van der Waals surface area contributed by atoms with Crippen LogP contribution in [0.5, 0.6) is 23.0 Å². The van der Waals surface area contributed by atoms with Crippen LogP contribution in [0.1, 0.15) is 59.8 Å². The topological polar surface area (TPSA) is 232 Å². The summed E-state index contributed by atoms with van der Waals surface area (Å²) in [5.74, 6) is -3.44. The van der Waals surface area contributed by atoms with Gasteiger partial charge >= 0.3 is 0 Å². The maximum atomic E-state index is 12.6. The molecule has 0 atom stereocenters. The molecule has 9 rings (SSSR count). The lowest BCUT2D eigenvalue weighted by Gasteiger charge is -2.24. The Morgan fingerprint density at radius 2 is 1.05 bits per heavy atom. The number of phenolic OH excluding ortho intramolecular Hbond substituents is 4. The van der Waals surface area contributed by atoms with Gasteiger partial charge in [0.05, 0.1) is 22.3 Å². The first-order valence-electron chi connectivity index (χ1n) is 18.8. The van der Waals surface area contributed by atoms with E-state index in [9.17, 15) is 46.9 Å². The average Bonchev–Trinajstić information content (AvgIpc) is 3.51. The average molecular weight is 865 g/mol. The van der Waals surface area contributed by atoms with Gasteiger partial charge in [-0.1, -0.05) is 72.8 Å². The van der Waals surface area contributed by atoms with Gasteiger partial charge in [-0.2, -0.15) is 16.8 Å². The van der Waals surface area contributed by atoms with Crippen molar-refractivity contribution in [1.82, 2.24) is 9.47 Å². The fourth-order valence-electron chi connectivity index (χ4n) is 7.92. The minimum Gasteiger partial charge on any atom is -0.507 e. The van der Waals surface area contributed by atoms with Crippen LogP contribution in [-0.2, 0) is 39.7 Å². The number of aryl methyl sites for hydroxylation is 2. The molecule has 0 saturated carbocycles. The van der Waals surface area contributed by atoms with E-state index in [-0.39, 0.29) is 44.2 Å². The predicted molar refractivity (Wildman–Crippen MR) is 227 cm³/mol. The number of aromatic hydroxyl groups is 4. The number of carbonyl (C=O) groups excluding carboxylic acids is 2. The molecule has 0 radical (unpaired) electrons. The van der Waals surface area contributed by atoms with Crippen LogP contribution < -0.4 is 0 Å². The van der Waals surface area contributed by atoms with Crippen LogP contribution in [0, 0.1) is 13.8 Å². The van der Waals surface area contributed by atoms with Crippen molar-refractivity contribution in [3.05, 3.63) is 153 Å². The van der Waals surface area contributed by atoms with E-state index in [0.29, 0.717) is 0 Å². The molecule has 1 aliphatic heterocycles. The lowest BCUT2D eigenvalue weighted by molar-refractivity contribution is 0.0969. The van der Waals surface area contributed by atoms with Crippen molar-refractivity contribution in [1.29, 1.82) is 0 Å². The summed E-state index contributed by atoms with van der Waals surface area (Å²) in [5, 5.41) is 41.6. The van der Waals surface area contributed by atoms with Crippen molar-refractivity contribution >= 4 is 53.5 Å². The summed E-state index contributed by atoms with van der Waals surface area (Å²) < 4.78 is 65.2. The van der Waals surface area contributed by atoms with E-state index in [4.69, 9.17) is 9.11 Å². The molecule has 0 fully saturated rings. The quantitative estimate of drug-likeness (QED) is 0.0781. The van der Waals surface area contributed by atoms with Crippen molar-refractivity contribution in [2.45, 2.75) is 43.1 Å². The van der Waals surface area contributed by atoms with Gasteiger partial charge in [0.15, 0.2) is 0 Å². The van der Waals surface area contributed by atoms with Gasteiger partial charge < -0.3 is 29.9 Å². The first kappa shape index (κ1) is 42.6. The molecular formula is C45H40N2O12S2. The molecular weight excluding hydrogens is 825 g/mol. The van der Waals surface area contributed by atoms with Crippen LogP contribution in [0.4, 0.5) is 0 Å². The van der Waals surface area contributed by atoms with Crippen LogP contribution in [-0.4, -0.2) is 81.0 Å². The molecule has 2 heterocycles. The molecule has 6 N–H and O–H groups in total. The third kappa shape index (κ3) is 7.94. The molecule has 7 aromatic rings. The highest BCUT2D eigenvalue weighted by molar-refractivity contribution is 7.86. The fourth-order valence-corrected chi connectivity index (χ4v) is 9.33. The maximum Gasteiger partial charge on any atom is 0.295 e. The van der Waals surface area contributed by atoms with Crippen LogP contribution >= 0.6 is 0 Å². The van der Waals surface area contributed by atoms with E-state index < -0.39 is 64.6 Å². The van der Waals surface area contributed by atoms with Gasteiger partial charge in [0, 0.05) is 53.4 Å². The summed E-state index contributed by atoms with van der Waals surface area (Å²) in [7, 11) is -6.72. The molecule has 1 aromatic heterocycles. The first-order valence-corrected chi connectivity index (χ1v) is 21.7. The number of benzene rings is 6. The van der Waals surface area contributed by atoms with Crippen LogP contribution in [0.2, 0.25) is 0 Å². The molecule has 1 aliphatic carbocycles. The summed E-state index contributed by atoms with van der Waals surface area (Å²) in [6, 6.07) is 29.5. The second kappa shape index (κ2) is 16.1. The van der Waals surface area contributed by atoms with Crippen molar-refractivity contribution in [2.24, 2.45) is 0 Å². The normalized spacial score (nSPS) is 13.7. The van der Waals surface area contributed by atoms with E-state index in [1.165, 1.54) is 65.8 Å². The van der Waals surface area contributed by atoms with E-state index in [0.717, 1.165) is 50.3 Å². The smallest absolute Gasteiger partial charge is 0.295 e. The number of nitrogens with zero attached hydrogens (tertiary/aromatic N) is 2. The minimum absolute atomic E-state index is 0.0233. The van der Waals surface area contributed by atoms with Gasteiger partial charge in [0.2, 0.25) is 11.6 Å². The van der Waals surface area contributed by atoms with Gasteiger partial charge in [-0.25, -0.2) is 0 Å².